The summed E-state index contributed by atoms with van der Waals surface area (Å²) in [5, 5.41) is 8.33. The van der Waals surface area contributed by atoms with Gasteiger partial charge in [0.25, 0.3) is 0 Å². The minimum absolute atomic E-state index is 0.959. The van der Waals surface area contributed by atoms with Gasteiger partial charge < -0.3 is 0 Å². The van der Waals surface area contributed by atoms with Crippen molar-refractivity contribution in [2.24, 2.45) is 0 Å². The number of hydrogen-bond acceptors (Lipinski definition) is 2. The molecule has 0 amide bonds. The molecule has 0 spiro atoms. The van der Waals surface area contributed by atoms with Gasteiger partial charge in [0.2, 0.25) is 0 Å². The highest BCUT2D eigenvalue weighted by Gasteiger charge is 2.08. The molecule has 0 saturated carbocycles. The molecule has 3 heteroatoms. The number of fused-ring (bicyclic) bond motifs is 1. The van der Waals surface area contributed by atoms with Crippen LogP contribution in [0.3, 0.4) is 0 Å². The van der Waals surface area contributed by atoms with Crippen molar-refractivity contribution in [1.82, 2.24) is 14.8 Å². The van der Waals surface area contributed by atoms with Gasteiger partial charge >= 0.3 is 0 Å². The summed E-state index contributed by atoms with van der Waals surface area (Å²) in [6.45, 7) is 4.09. The average molecular weight is 223 g/mol. The van der Waals surface area contributed by atoms with Crippen LogP contribution in [0.5, 0.6) is 0 Å². The lowest BCUT2D eigenvalue weighted by Gasteiger charge is -2.07. The number of hydrogen-bond donors (Lipinski definition) is 0. The smallest absolute Gasteiger partial charge is 0.0901 e. The summed E-state index contributed by atoms with van der Waals surface area (Å²) in [6, 6.07) is 14.5. The van der Waals surface area contributed by atoms with Crippen LogP contribution >= 0.6 is 0 Å². The van der Waals surface area contributed by atoms with Crippen molar-refractivity contribution in [2.45, 2.75) is 13.8 Å². The molecule has 0 unspecified atom stereocenters. The zero-order chi connectivity index (χ0) is 11.8. The molecule has 2 aromatic heterocycles. The van der Waals surface area contributed by atoms with E-state index in [1.54, 1.807) is 0 Å². The van der Waals surface area contributed by atoms with E-state index in [2.05, 4.69) is 35.4 Å². The Balaban J connectivity index is 2.35. The van der Waals surface area contributed by atoms with E-state index in [1.807, 2.05) is 35.7 Å². The Hall–Kier alpha value is -2.16. The summed E-state index contributed by atoms with van der Waals surface area (Å²) in [5.74, 6) is 0. The van der Waals surface area contributed by atoms with Gasteiger partial charge in [-0.1, -0.05) is 35.5 Å². The maximum absolute atomic E-state index is 4.20. The van der Waals surface area contributed by atoms with E-state index < -0.39 is 0 Å². The highest BCUT2D eigenvalue weighted by molar-refractivity contribution is 5.67. The van der Waals surface area contributed by atoms with Crippen molar-refractivity contribution in [2.75, 3.05) is 0 Å². The van der Waals surface area contributed by atoms with Crippen LogP contribution in [0.4, 0.5) is 0 Å². The van der Waals surface area contributed by atoms with E-state index in [4.69, 9.17) is 0 Å². The predicted octanol–water partition coefficient (Wildman–Crippen LogP) is 3.01. The van der Waals surface area contributed by atoms with E-state index in [9.17, 15) is 0 Å². The summed E-state index contributed by atoms with van der Waals surface area (Å²) >= 11 is 0. The zero-order valence-electron chi connectivity index (χ0n) is 9.88. The number of aryl methyl sites for hydroxylation is 2. The fourth-order valence-corrected chi connectivity index (χ4v) is 2.10. The quantitative estimate of drug-likeness (QED) is 0.634. The minimum atomic E-state index is 0.959. The number of pyridine rings is 1. The van der Waals surface area contributed by atoms with Crippen LogP contribution in [-0.2, 0) is 0 Å². The molecule has 0 aliphatic rings. The Morgan fingerprint density at radius 2 is 1.76 bits per heavy atom. The van der Waals surface area contributed by atoms with E-state index in [0.717, 1.165) is 16.9 Å². The van der Waals surface area contributed by atoms with Crippen LogP contribution in [0.15, 0.2) is 42.5 Å². The monoisotopic (exact) mass is 223 g/mol. The summed E-state index contributed by atoms with van der Waals surface area (Å²) in [4.78, 5) is 0. The molecule has 2 heterocycles. The van der Waals surface area contributed by atoms with Crippen LogP contribution in [0, 0.1) is 13.8 Å². The average Bonchev–Trinajstić information content (AvgIpc) is 2.72. The molecular formula is C14H13N3. The molecule has 84 valence electrons. The fourth-order valence-electron chi connectivity index (χ4n) is 2.10. The first kappa shape index (κ1) is 10.0. The largest absolute Gasteiger partial charge is 0.213 e. The van der Waals surface area contributed by atoms with Gasteiger partial charge in [0.15, 0.2) is 0 Å². The first-order valence-electron chi connectivity index (χ1n) is 5.64. The maximum Gasteiger partial charge on any atom is 0.0901 e. The zero-order valence-corrected chi connectivity index (χ0v) is 9.88. The Morgan fingerprint density at radius 3 is 2.59 bits per heavy atom. The molecule has 3 rings (SSSR count). The predicted molar refractivity (Wildman–Crippen MR) is 67.9 cm³/mol. The maximum atomic E-state index is 4.20. The molecule has 0 aliphatic carbocycles. The van der Waals surface area contributed by atoms with Gasteiger partial charge in [0.05, 0.1) is 16.9 Å². The van der Waals surface area contributed by atoms with Gasteiger partial charge in [-0.15, -0.1) is 5.10 Å². The number of benzene rings is 1. The Kier molecular flexibility index (Phi) is 2.18. The third-order valence-corrected chi connectivity index (χ3v) is 3.04. The van der Waals surface area contributed by atoms with Crippen molar-refractivity contribution >= 4 is 5.52 Å². The third kappa shape index (κ3) is 1.51. The van der Waals surface area contributed by atoms with Crippen molar-refractivity contribution in [3.8, 4) is 11.3 Å². The molecule has 1 aromatic carbocycles. The molecule has 0 radical (unpaired) electrons. The lowest BCUT2D eigenvalue weighted by molar-refractivity contribution is 0.854. The number of nitrogens with zero attached hydrogens (tertiary/aromatic N) is 3. The van der Waals surface area contributed by atoms with Crippen LogP contribution in [-0.4, -0.2) is 14.8 Å². The van der Waals surface area contributed by atoms with E-state index in [-0.39, 0.29) is 0 Å². The van der Waals surface area contributed by atoms with Crippen LogP contribution in [0.2, 0.25) is 0 Å². The second kappa shape index (κ2) is 3.70. The van der Waals surface area contributed by atoms with Gasteiger partial charge in [-0.05, 0) is 31.5 Å². The van der Waals surface area contributed by atoms with Crippen LogP contribution in [0.1, 0.15) is 11.3 Å². The van der Waals surface area contributed by atoms with Crippen molar-refractivity contribution in [3.05, 3.63) is 53.7 Å². The normalized spacial score (nSPS) is 10.9. The van der Waals surface area contributed by atoms with Gasteiger partial charge in [-0.3, -0.25) is 0 Å². The second-order valence-electron chi connectivity index (χ2n) is 4.20. The Labute approximate surface area is 99.7 Å². The van der Waals surface area contributed by atoms with Crippen molar-refractivity contribution < 1.29 is 0 Å². The molecule has 0 atom stereocenters. The summed E-state index contributed by atoms with van der Waals surface area (Å²) in [7, 11) is 0. The van der Waals surface area contributed by atoms with Crippen LogP contribution in [0.25, 0.3) is 16.8 Å². The lowest BCUT2D eigenvalue weighted by Crippen LogP contribution is -1.95. The molecule has 3 nitrogen and oxygen atoms in total. The topological polar surface area (TPSA) is 30.2 Å². The Morgan fingerprint density at radius 1 is 0.941 bits per heavy atom. The Bertz CT molecular complexity index is 683. The summed E-state index contributed by atoms with van der Waals surface area (Å²) in [5.41, 5.74) is 5.54. The molecule has 0 N–H and O–H groups in total. The van der Waals surface area contributed by atoms with E-state index in [1.165, 1.54) is 11.1 Å². The molecule has 17 heavy (non-hydrogen) atoms. The first-order valence-corrected chi connectivity index (χ1v) is 5.64. The van der Waals surface area contributed by atoms with Crippen LogP contribution < -0.4 is 0 Å². The molecular weight excluding hydrogens is 210 g/mol. The van der Waals surface area contributed by atoms with Gasteiger partial charge in [-0.25, -0.2) is 4.52 Å². The minimum Gasteiger partial charge on any atom is -0.213 e. The molecule has 0 fully saturated rings. The van der Waals surface area contributed by atoms with Gasteiger partial charge in [0, 0.05) is 5.56 Å². The fraction of sp³-hybridized carbons (Fsp3) is 0.143. The number of aromatic nitrogens is 3. The molecule has 0 bridgehead atoms. The summed E-state index contributed by atoms with van der Waals surface area (Å²) < 4.78 is 1.90. The van der Waals surface area contributed by atoms with Crippen molar-refractivity contribution in [3.63, 3.8) is 0 Å². The van der Waals surface area contributed by atoms with E-state index in [0.29, 0.717) is 0 Å². The molecule has 0 saturated heterocycles. The lowest BCUT2D eigenvalue weighted by atomic mass is 10.1. The first-order chi connectivity index (χ1) is 8.27. The SMILES string of the molecule is Cc1ccccc1-c1cccc2c(C)nnn12. The molecule has 0 aliphatic heterocycles. The molecule has 3 aromatic rings. The summed E-state index contributed by atoms with van der Waals surface area (Å²) in [6.07, 6.45) is 0. The third-order valence-electron chi connectivity index (χ3n) is 3.04. The van der Waals surface area contributed by atoms with Gasteiger partial charge in [-0.2, -0.15) is 0 Å². The standard InChI is InChI=1S/C14H13N3/c1-10-6-3-4-7-12(10)14-9-5-8-13-11(2)15-16-17(13)14/h3-9H,1-2H3. The highest BCUT2D eigenvalue weighted by atomic mass is 15.4. The van der Waals surface area contributed by atoms with Crippen molar-refractivity contribution in [1.29, 1.82) is 0 Å². The van der Waals surface area contributed by atoms with Gasteiger partial charge in [0.1, 0.15) is 0 Å². The number of rotatable bonds is 1. The second-order valence-corrected chi connectivity index (χ2v) is 4.20. The van der Waals surface area contributed by atoms with E-state index >= 15 is 0 Å². The highest BCUT2D eigenvalue weighted by Crippen LogP contribution is 2.23.